The Hall–Kier alpha value is -2.30. The molecule has 0 aromatic carbocycles. The fourth-order valence-corrected chi connectivity index (χ4v) is 2.71. The van der Waals surface area contributed by atoms with E-state index in [0.29, 0.717) is 13.0 Å². The molecule has 5 nitrogen and oxygen atoms in total. The first kappa shape index (κ1) is 18.0. The number of nitrogens with zero attached hydrogens (tertiary/aromatic N) is 2. The lowest BCUT2D eigenvalue weighted by molar-refractivity contribution is 0.0134. The van der Waals surface area contributed by atoms with Crippen LogP contribution in [-0.2, 0) is 17.7 Å². The number of carbonyl (C=O) groups excluding carboxylic acids is 1. The predicted octanol–water partition coefficient (Wildman–Crippen LogP) is 4.24. The van der Waals surface area contributed by atoms with Gasteiger partial charge in [0.15, 0.2) is 0 Å². The number of hydrogen-bond donors (Lipinski definition) is 1. The van der Waals surface area contributed by atoms with Gasteiger partial charge in [-0.1, -0.05) is 25.3 Å². The van der Waals surface area contributed by atoms with Crippen LogP contribution in [-0.4, -0.2) is 32.6 Å². The standard InChI is InChI=1S/C19H27N3O2/c1-8-12(3)14(9-2)17-20-15-10-13(4)22(11-16(15)21-17)18(23)24-19(5,6)7/h8-9,13H,1-2,10-11H2,3-7H3,(H,20,21). The monoisotopic (exact) mass is 329 g/mol. The van der Waals surface area contributed by atoms with E-state index < -0.39 is 5.60 Å². The van der Waals surface area contributed by atoms with Gasteiger partial charge in [0, 0.05) is 18.0 Å². The van der Waals surface area contributed by atoms with E-state index in [4.69, 9.17) is 9.72 Å². The summed E-state index contributed by atoms with van der Waals surface area (Å²) >= 11 is 0. The molecule has 0 saturated heterocycles. The first-order valence-electron chi connectivity index (χ1n) is 8.19. The van der Waals surface area contributed by atoms with Crippen molar-refractivity contribution in [3.8, 4) is 0 Å². The molecular weight excluding hydrogens is 302 g/mol. The van der Waals surface area contributed by atoms with E-state index in [9.17, 15) is 4.79 Å². The van der Waals surface area contributed by atoms with Crippen LogP contribution >= 0.6 is 0 Å². The number of aromatic nitrogens is 2. The van der Waals surface area contributed by atoms with Gasteiger partial charge in [-0.3, -0.25) is 4.90 Å². The lowest BCUT2D eigenvalue weighted by Crippen LogP contribution is -2.45. The molecule has 2 rings (SSSR count). The Morgan fingerprint density at radius 2 is 2.04 bits per heavy atom. The highest BCUT2D eigenvalue weighted by Crippen LogP contribution is 2.27. The van der Waals surface area contributed by atoms with Crippen molar-refractivity contribution in [3.05, 3.63) is 48.1 Å². The smallest absolute Gasteiger partial charge is 0.410 e. The summed E-state index contributed by atoms with van der Waals surface area (Å²) in [4.78, 5) is 22.2. The Morgan fingerprint density at radius 1 is 1.38 bits per heavy atom. The van der Waals surface area contributed by atoms with Gasteiger partial charge in [-0.25, -0.2) is 9.78 Å². The largest absolute Gasteiger partial charge is 0.444 e. The first-order valence-corrected chi connectivity index (χ1v) is 8.19. The molecule has 24 heavy (non-hydrogen) atoms. The Bertz CT molecular complexity index is 692. The number of ether oxygens (including phenoxy) is 1. The average Bonchev–Trinajstić information content (AvgIpc) is 2.87. The van der Waals surface area contributed by atoms with Crippen LogP contribution in [0.2, 0.25) is 0 Å². The second kappa shape index (κ2) is 6.67. The summed E-state index contributed by atoms with van der Waals surface area (Å²) < 4.78 is 5.51. The van der Waals surface area contributed by atoms with Gasteiger partial charge in [0.25, 0.3) is 0 Å². The van der Waals surface area contributed by atoms with E-state index in [1.54, 1.807) is 17.1 Å². The quantitative estimate of drug-likeness (QED) is 0.844. The molecule has 1 N–H and O–H groups in total. The molecule has 1 unspecified atom stereocenters. The van der Waals surface area contributed by atoms with Crippen molar-refractivity contribution in [2.45, 2.75) is 59.2 Å². The van der Waals surface area contributed by atoms with Crippen LogP contribution in [0.4, 0.5) is 4.79 Å². The van der Waals surface area contributed by atoms with E-state index in [1.165, 1.54) is 0 Å². The topological polar surface area (TPSA) is 58.2 Å². The zero-order valence-corrected chi connectivity index (χ0v) is 15.3. The molecule has 0 bridgehead atoms. The van der Waals surface area contributed by atoms with Crippen molar-refractivity contribution in [2.24, 2.45) is 0 Å². The fourth-order valence-electron chi connectivity index (χ4n) is 2.71. The van der Waals surface area contributed by atoms with E-state index in [-0.39, 0.29) is 12.1 Å². The van der Waals surface area contributed by atoms with Crippen LogP contribution in [0.3, 0.4) is 0 Å². The summed E-state index contributed by atoms with van der Waals surface area (Å²) in [6, 6.07) is 0.0418. The summed E-state index contributed by atoms with van der Waals surface area (Å²) in [5, 5.41) is 0. The number of hydrogen-bond acceptors (Lipinski definition) is 3. The summed E-state index contributed by atoms with van der Waals surface area (Å²) in [5.41, 5.74) is 3.37. The maximum atomic E-state index is 12.4. The molecule has 130 valence electrons. The maximum absolute atomic E-state index is 12.4. The molecule has 0 saturated carbocycles. The minimum absolute atomic E-state index is 0.0418. The lowest BCUT2D eigenvalue weighted by Gasteiger charge is -2.34. The van der Waals surface area contributed by atoms with Gasteiger partial charge in [0.05, 0.1) is 17.9 Å². The van der Waals surface area contributed by atoms with E-state index in [2.05, 4.69) is 18.1 Å². The summed E-state index contributed by atoms with van der Waals surface area (Å²) in [7, 11) is 0. The number of imidazole rings is 1. The van der Waals surface area contributed by atoms with Gasteiger partial charge < -0.3 is 9.72 Å². The normalized spacial score (nSPS) is 18.5. The third-order valence-corrected chi connectivity index (χ3v) is 4.03. The fraction of sp³-hybridized carbons (Fsp3) is 0.474. The molecule has 0 fully saturated rings. The number of allylic oxidation sites excluding steroid dienone is 4. The molecule has 1 atom stereocenters. The zero-order valence-electron chi connectivity index (χ0n) is 15.3. The molecule has 2 heterocycles. The number of amides is 1. The van der Waals surface area contributed by atoms with Gasteiger partial charge >= 0.3 is 6.09 Å². The number of H-pyrrole nitrogens is 1. The highest BCUT2D eigenvalue weighted by Gasteiger charge is 2.32. The van der Waals surface area contributed by atoms with Crippen LogP contribution in [0.15, 0.2) is 30.9 Å². The van der Waals surface area contributed by atoms with Gasteiger partial charge in [0.1, 0.15) is 11.4 Å². The minimum atomic E-state index is -0.504. The van der Waals surface area contributed by atoms with Crippen molar-refractivity contribution in [2.75, 3.05) is 0 Å². The Kier molecular flexibility index (Phi) is 5.02. The van der Waals surface area contributed by atoms with Gasteiger partial charge in [-0.15, -0.1) is 0 Å². The second-order valence-corrected chi connectivity index (χ2v) is 7.18. The molecule has 1 aliphatic heterocycles. The zero-order chi connectivity index (χ0) is 18.1. The lowest BCUT2D eigenvalue weighted by atomic mass is 10.1. The van der Waals surface area contributed by atoms with Crippen LogP contribution < -0.4 is 0 Å². The molecule has 1 aliphatic rings. The Balaban J connectivity index is 2.29. The van der Waals surface area contributed by atoms with Gasteiger partial charge in [-0.05, 0) is 40.2 Å². The second-order valence-electron chi connectivity index (χ2n) is 7.18. The third kappa shape index (κ3) is 3.78. The SMILES string of the molecule is C=CC(C)=C(C=C)c1nc2c([nH]1)CN(C(=O)OC(C)(C)C)C(C)C2. The van der Waals surface area contributed by atoms with Crippen LogP contribution in [0.25, 0.3) is 5.57 Å². The van der Waals surface area contributed by atoms with Crippen molar-refractivity contribution in [1.82, 2.24) is 14.9 Å². The molecule has 0 radical (unpaired) electrons. The molecule has 1 aromatic heterocycles. The number of rotatable bonds is 3. The number of nitrogens with one attached hydrogen (secondary N) is 1. The number of fused-ring (bicyclic) bond motifs is 1. The first-order chi connectivity index (χ1) is 11.2. The van der Waals surface area contributed by atoms with E-state index in [1.807, 2.05) is 34.6 Å². The van der Waals surface area contributed by atoms with Crippen molar-refractivity contribution >= 4 is 11.7 Å². The molecule has 1 amide bonds. The van der Waals surface area contributed by atoms with Crippen LogP contribution in [0.1, 0.15) is 51.8 Å². The summed E-state index contributed by atoms with van der Waals surface area (Å²) in [5.74, 6) is 0.769. The van der Waals surface area contributed by atoms with E-state index >= 15 is 0 Å². The molecular formula is C19H27N3O2. The van der Waals surface area contributed by atoms with Crippen LogP contribution in [0, 0.1) is 0 Å². The predicted molar refractivity (Wildman–Crippen MR) is 96.5 cm³/mol. The highest BCUT2D eigenvalue weighted by atomic mass is 16.6. The molecule has 1 aromatic rings. The van der Waals surface area contributed by atoms with Crippen LogP contribution in [0.5, 0.6) is 0 Å². The number of carbonyl (C=O) groups is 1. The highest BCUT2D eigenvalue weighted by molar-refractivity contribution is 5.74. The van der Waals surface area contributed by atoms with Crippen molar-refractivity contribution < 1.29 is 9.53 Å². The summed E-state index contributed by atoms with van der Waals surface area (Å²) in [6.45, 7) is 17.7. The number of aromatic amines is 1. The Labute approximate surface area is 144 Å². The molecule has 5 heteroatoms. The maximum Gasteiger partial charge on any atom is 0.410 e. The Morgan fingerprint density at radius 3 is 2.58 bits per heavy atom. The molecule has 0 aliphatic carbocycles. The van der Waals surface area contributed by atoms with Crippen molar-refractivity contribution in [3.63, 3.8) is 0 Å². The molecule has 0 spiro atoms. The average molecular weight is 329 g/mol. The summed E-state index contributed by atoms with van der Waals surface area (Å²) in [6.07, 6.45) is 3.96. The van der Waals surface area contributed by atoms with Crippen molar-refractivity contribution in [1.29, 1.82) is 0 Å². The van der Waals surface area contributed by atoms with Gasteiger partial charge in [-0.2, -0.15) is 0 Å². The minimum Gasteiger partial charge on any atom is -0.444 e. The van der Waals surface area contributed by atoms with Gasteiger partial charge in [0.2, 0.25) is 0 Å². The van der Waals surface area contributed by atoms with E-state index in [0.717, 1.165) is 28.4 Å². The third-order valence-electron chi connectivity index (χ3n) is 4.03.